The number of carbonyl (C=O) groups is 2. The molecule has 1 aliphatic heterocycles. The number of hydrogen-bond acceptors (Lipinski definition) is 5. The van der Waals surface area contributed by atoms with Crippen molar-refractivity contribution < 1.29 is 19.4 Å². The standard InChI is InChI=1S/C46H46Cl2N6O4/c1-24-13-14-49-32(17-24)23-52-38(46(56)57)21-31-16-25(2)18-37(42(31)52)53-22-28(5)54-43-35(11-12-36(47)40(43)39-29(6)50-51(8)30(39)7)34(44(54)45(53)55)10-9-15-58-33-19-26(3)41(48)27(4)20-33/h11-14,16-21,28H,9-10,15,22-23H2,1-8H3,(H,56,57). The first-order valence-electron chi connectivity index (χ1n) is 19.5. The first kappa shape index (κ1) is 39.3. The highest BCUT2D eigenvalue weighted by molar-refractivity contribution is 6.35. The Labute approximate surface area is 347 Å². The number of pyridine rings is 1. The predicted molar refractivity (Wildman–Crippen MR) is 231 cm³/mol. The molecule has 0 spiro atoms. The lowest BCUT2D eigenvalue weighted by atomic mass is 9.98. The van der Waals surface area contributed by atoms with E-state index >= 15 is 4.79 Å². The summed E-state index contributed by atoms with van der Waals surface area (Å²) in [4.78, 5) is 34.6. The highest BCUT2D eigenvalue weighted by Gasteiger charge is 2.38. The Hall–Kier alpha value is -5.58. The zero-order valence-electron chi connectivity index (χ0n) is 34.0. The lowest BCUT2D eigenvalue weighted by molar-refractivity contribution is 0.0686. The molecule has 58 heavy (non-hydrogen) atoms. The van der Waals surface area contributed by atoms with Crippen molar-refractivity contribution in [2.24, 2.45) is 7.05 Å². The highest BCUT2D eigenvalue weighted by Crippen LogP contribution is 2.46. The Morgan fingerprint density at radius 3 is 2.34 bits per heavy atom. The molecular formula is C46H46Cl2N6O4. The number of fused-ring (bicyclic) bond motifs is 4. The summed E-state index contributed by atoms with van der Waals surface area (Å²) in [6, 6.07) is 17.2. The first-order chi connectivity index (χ1) is 27.6. The fourth-order valence-corrected chi connectivity index (χ4v) is 9.22. The molecule has 4 aromatic heterocycles. The maximum atomic E-state index is 15.5. The molecule has 1 atom stereocenters. The van der Waals surface area contributed by atoms with E-state index in [0.29, 0.717) is 47.9 Å². The summed E-state index contributed by atoms with van der Waals surface area (Å²) in [6.07, 6.45) is 2.93. The number of carboxylic acid groups (broad SMARTS) is 1. The van der Waals surface area contributed by atoms with Gasteiger partial charge in [-0.05, 0) is 138 Å². The third-order valence-electron chi connectivity index (χ3n) is 11.5. The van der Waals surface area contributed by atoms with Gasteiger partial charge in [0.1, 0.15) is 17.1 Å². The second-order valence-corrected chi connectivity index (χ2v) is 16.5. The van der Waals surface area contributed by atoms with Crippen molar-refractivity contribution in [3.05, 3.63) is 127 Å². The van der Waals surface area contributed by atoms with Crippen LogP contribution in [0.5, 0.6) is 5.75 Å². The quantitative estimate of drug-likeness (QED) is 0.138. The summed E-state index contributed by atoms with van der Waals surface area (Å²) in [6.45, 7) is 15.0. The number of nitrogens with zero attached hydrogens (tertiary/aromatic N) is 6. The van der Waals surface area contributed by atoms with Crippen molar-refractivity contribution in [2.45, 2.75) is 73.9 Å². The van der Waals surface area contributed by atoms with Crippen LogP contribution in [-0.2, 0) is 20.0 Å². The Bertz CT molecular complexity index is 2810. The number of rotatable bonds is 10. The lowest BCUT2D eigenvalue weighted by Crippen LogP contribution is -2.43. The first-order valence-corrected chi connectivity index (χ1v) is 20.3. The minimum Gasteiger partial charge on any atom is -0.494 e. The van der Waals surface area contributed by atoms with Crippen LogP contribution < -0.4 is 9.64 Å². The van der Waals surface area contributed by atoms with Crippen molar-refractivity contribution in [1.82, 2.24) is 23.9 Å². The predicted octanol–water partition coefficient (Wildman–Crippen LogP) is 10.5. The van der Waals surface area contributed by atoms with Crippen LogP contribution in [0.1, 0.15) is 85.3 Å². The van der Waals surface area contributed by atoms with E-state index in [1.165, 1.54) is 0 Å². The number of hydrogen-bond donors (Lipinski definition) is 1. The van der Waals surface area contributed by atoms with E-state index in [2.05, 4.69) is 16.5 Å². The van der Waals surface area contributed by atoms with Crippen LogP contribution in [0, 0.1) is 41.5 Å². The maximum absolute atomic E-state index is 15.5. The fourth-order valence-electron chi connectivity index (χ4n) is 8.87. The van der Waals surface area contributed by atoms with E-state index in [-0.39, 0.29) is 24.2 Å². The van der Waals surface area contributed by atoms with E-state index in [1.54, 1.807) is 16.8 Å². The molecule has 10 nitrogen and oxygen atoms in total. The molecule has 3 aromatic carbocycles. The van der Waals surface area contributed by atoms with Gasteiger partial charge in [-0.3, -0.25) is 14.5 Å². The van der Waals surface area contributed by atoms with Crippen LogP contribution in [0.15, 0.2) is 60.8 Å². The maximum Gasteiger partial charge on any atom is 0.352 e. The van der Waals surface area contributed by atoms with E-state index < -0.39 is 5.97 Å². The number of aromatic nitrogens is 5. The number of aryl methyl sites for hydroxylation is 7. The molecule has 5 heterocycles. The smallest absolute Gasteiger partial charge is 0.352 e. The molecule has 0 saturated heterocycles. The topological polar surface area (TPSA) is 107 Å². The average molecular weight is 818 g/mol. The van der Waals surface area contributed by atoms with Gasteiger partial charge in [0.15, 0.2) is 0 Å². The van der Waals surface area contributed by atoms with Gasteiger partial charge in [-0.25, -0.2) is 4.79 Å². The molecule has 8 rings (SSSR count). The second kappa shape index (κ2) is 15.0. The van der Waals surface area contributed by atoms with Gasteiger partial charge in [-0.2, -0.15) is 5.10 Å². The van der Waals surface area contributed by atoms with Gasteiger partial charge >= 0.3 is 5.97 Å². The summed E-state index contributed by atoms with van der Waals surface area (Å²) in [5.41, 5.74) is 12.1. The van der Waals surface area contributed by atoms with Gasteiger partial charge in [0.05, 0.1) is 46.3 Å². The van der Waals surface area contributed by atoms with Crippen LogP contribution in [0.4, 0.5) is 5.69 Å². The molecule has 7 aromatic rings. The van der Waals surface area contributed by atoms with Crippen molar-refractivity contribution in [1.29, 1.82) is 0 Å². The van der Waals surface area contributed by atoms with Gasteiger partial charge in [0.25, 0.3) is 5.91 Å². The Kier molecular flexibility index (Phi) is 10.1. The SMILES string of the molecule is Cc1ccnc(Cn2c(C(=O)O)cc3cc(C)cc(N4CC(C)n5c(c(CCCOc6cc(C)c(Cl)c(C)c6)c6ccc(Cl)c(-c7c(C)nn(C)c7C)c65)C4=O)c32)c1. The Balaban J connectivity index is 1.30. The molecule has 1 amide bonds. The number of amides is 1. The number of halogens is 2. The molecule has 1 unspecified atom stereocenters. The van der Waals surface area contributed by atoms with E-state index in [9.17, 15) is 9.90 Å². The largest absolute Gasteiger partial charge is 0.494 e. The van der Waals surface area contributed by atoms with Gasteiger partial charge in [-0.15, -0.1) is 0 Å². The van der Waals surface area contributed by atoms with Crippen molar-refractivity contribution in [2.75, 3.05) is 18.1 Å². The molecular weight excluding hydrogens is 771 g/mol. The molecule has 0 saturated carbocycles. The Morgan fingerprint density at radius 2 is 1.67 bits per heavy atom. The molecule has 1 N–H and O–H groups in total. The molecule has 0 aliphatic carbocycles. The number of anilines is 1. The van der Waals surface area contributed by atoms with E-state index in [0.717, 1.165) is 83.1 Å². The zero-order chi connectivity index (χ0) is 41.3. The third kappa shape index (κ3) is 6.62. The summed E-state index contributed by atoms with van der Waals surface area (Å²) >= 11 is 13.6. The van der Waals surface area contributed by atoms with Crippen LogP contribution in [0.2, 0.25) is 10.0 Å². The third-order valence-corrected chi connectivity index (χ3v) is 12.4. The molecule has 0 bridgehead atoms. The van der Waals surface area contributed by atoms with Crippen LogP contribution in [0.3, 0.4) is 0 Å². The lowest BCUT2D eigenvalue weighted by Gasteiger charge is -2.35. The van der Waals surface area contributed by atoms with Gasteiger partial charge in [0, 0.05) is 58.4 Å². The van der Waals surface area contributed by atoms with Gasteiger partial charge in [0.2, 0.25) is 0 Å². The normalized spacial score (nSPS) is 14.2. The molecule has 0 radical (unpaired) electrons. The molecule has 298 valence electrons. The van der Waals surface area contributed by atoms with Gasteiger partial charge in [-0.1, -0.05) is 29.3 Å². The Morgan fingerprint density at radius 1 is 0.931 bits per heavy atom. The second-order valence-electron chi connectivity index (χ2n) is 15.7. The zero-order valence-corrected chi connectivity index (χ0v) is 35.5. The molecule has 12 heteroatoms. The molecule has 0 fully saturated rings. The van der Waals surface area contributed by atoms with Gasteiger partial charge < -0.3 is 23.9 Å². The number of carbonyl (C=O) groups excluding carboxylic acids is 1. The number of benzene rings is 3. The van der Waals surface area contributed by atoms with Crippen LogP contribution in [0.25, 0.3) is 32.9 Å². The van der Waals surface area contributed by atoms with Crippen LogP contribution in [-0.4, -0.2) is 54.0 Å². The van der Waals surface area contributed by atoms with E-state index in [4.69, 9.17) is 33.0 Å². The van der Waals surface area contributed by atoms with Crippen LogP contribution >= 0.6 is 23.2 Å². The van der Waals surface area contributed by atoms with Crippen molar-refractivity contribution in [3.8, 4) is 16.9 Å². The average Bonchev–Trinajstić information content (AvgIpc) is 3.78. The summed E-state index contributed by atoms with van der Waals surface area (Å²) < 4.78 is 12.1. The number of carboxylic acids is 1. The van der Waals surface area contributed by atoms with Crippen molar-refractivity contribution >= 4 is 62.6 Å². The summed E-state index contributed by atoms with van der Waals surface area (Å²) in [7, 11) is 1.93. The van der Waals surface area contributed by atoms with Crippen molar-refractivity contribution in [3.63, 3.8) is 0 Å². The highest BCUT2D eigenvalue weighted by atomic mass is 35.5. The minimum absolute atomic E-state index is 0.130. The number of ether oxygens (including phenoxy) is 1. The number of aromatic carboxylic acids is 1. The minimum atomic E-state index is -1.05. The monoisotopic (exact) mass is 816 g/mol. The summed E-state index contributed by atoms with van der Waals surface area (Å²) in [5, 5.41) is 18.2. The van der Waals surface area contributed by atoms with E-state index in [1.807, 2.05) is 107 Å². The summed E-state index contributed by atoms with van der Waals surface area (Å²) in [5.74, 6) is -0.463. The molecule has 1 aliphatic rings. The fraction of sp³-hybridized carbons (Fsp3) is 0.304.